The van der Waals surface area contributed by atoms with Gasteiger partial charge >= 0.3 is 13.6 Å². The zero-order valence-electron chi connectivity index (χ0n) is 11.5. The minimum absolute atomic E-state index is 0.0819. The number of nitro groups is 1. The molecule has 0 aliphatic carbocycles. The Morgan fingerprint density at radius 2 is 2.24 bits per heavy atom. The van der Waals surface area contributed by atoms with E-state index in [2.05, 4.69) is 31.1 Å². The molecule has 0 aliphatic rings. The van der Waals surface area contributed by atoms with E-state index < -0.39 is 12.6 Å². The van der Waals surface area contributed by atoms with Gasteiger partial charge in [0.2, 0.25) is 0 Å². The Bertz CT molecular complexity index is 516. The molecule has 116 valence electrons. The highest BCUT2D eigenvalue weighted by Gasteiger charge is 2.24. The lowest BCUT2D eigenvalue weighted by atomic mass is 10.1. The van der Waals surface area contributed by atoms with Crippen molar-refractivity contribution in [3.05, 3.63) is 22.0 Å². The third kappa shape index (κ3) is 5.52. The summed E-state index contributed by atoms with van der Waals surface area (Å²) in [5.74, 6) is -0.299. The molecule has 0 aliphatic heterocycles. The summed E-state index contributed by atoms with van der Waals surface area (Å²) in [5.41, 5.74) is 0.442. The number of nitrogens with zero attached hydrogens (tertiary/aromatic N) is 3. The van der Waals surface area contributed by atoms with Gasteiger partial charge in [-0.05, 0) is 11.5 Å². The van der Waals surface area contributed by atoms with Gasteiger partial charge in [-0.15, -0.1) is 0 Å². The average Bonchev–Trinajstić information content (AvgIpc) is 2.82. The first kappa shape index (κ1) is 18.3. The number of halogens is 1. The predicted molar refractivity (Wildman–Crippen MR) is 82.6 cm³/mol. The molecule has 0 saturated heterocycles. The van der Waals surface area contributed by atoms with Crippen LogP contribution in [0.4, 0.5) is 5.95 Å². The van der Waals surface area contributed by atoms with Crippen LogP contribution in [0.15, 0.2) is 6.20 Å². The average molecular weight is 380 g/mol. The second-order valence-corrected chi connectivity index (χ2v) is 6.77. The fourth-order valence-corrected chi connectivity index (χ4v) is 3.39. The number of imidazole rings is 1. The summed E-state index contributed by atoms with van der Waals surface area (Å²) in [6.45, 7) is 0.667. The van der Waals surface area contributed by atoms with Gasteiger partial charge in [0.25, 0.3) is 0 Å². The van der Waals surface area contributed by atoms with Crippen LogP contribution in [0.25, 0.3) is 0 Å². The van der Waals surface area contributed by atoms with Crippen LogP contribution < -0.4 is 10.2 Å². The quantitative estimate of drug-likeness (QED) is 0.206. The summed E-state index contributed by atoms with van der Waals surface area (Å²) in [6, 6.07) is 0. The maximum atomic E-state index is 12.5. The number of rotatable bonds is 10. The third-order valence-corrected chi connectivity index (χ3v) is 4.67. The normalized spacial score (nSPS) is 14.0. The fourth-order valence-electron chi connectivity index (χ4n) is 1.44. The van der Waals surface area contributed by atoms with Gasteiger partial charge in [-0.2, -0.15) is 0 Å². The molecule has 0 amide bonds. The van der Waals surface area contributed by atoms with E-state index >= 15 is 0 Å². The van der Waals surface area contributed by atoms with Gasteiger partial charge in [-0.3, -0.25) is 9.09 Å². The predicted octanol–water partition coefficient (Wildman–Crippen LogP) is 1.11. The largest absolute Gasteiger partial charge is 0.434 e. The number of aromatic nitrogens is 2. The van der Waals surface area contributed by atoms with E-state index in [0.717, 1.165) is 0 Å². The van der Waals surface area contributed by atoms with E-state index in [1.54, 1.807) is 0 Å². The molecule has 2 N–H and O–H groups in total. The minimum Gasteiger partial charge on any atom is -0.390 e. The van der Waals surface area contributed by atoms with Gasteiger partial charge in [-0.1, -0.05) is 27.2 Å². The monoisotopic (exact) mass is 379 g/mol. The summed E-state index contributed by atoms with van der Waals surface area (Å²) >= 11 is 3.22. The molecule has 0 aromatic carbocycles. The fraction of sp³-hybridized carbons (Fsp3) is 0.667. The molecule has 2 radical (unpaired) electrons. The van der Waals surface area contributed by atoms with Gasteiger partial charge in [0.15, 0.2) is 0 Å². The van der Waals surface area contributed by atoms with Crippen LogP contribution in [-0.4, -0.2) is 40.7 Å². The Morgan fingerprint density at radius 3 is 2.76 bits per heavy atom. The lowest BCUT2D eigenvalue weighted by molar-refractivity contribution is -0.396. The van der Waals surface area contributed by atoms with Crippen molar-refractivity contribution in [1.29, 1.82) is 0 Å². The van der Waals surface area contributed by atoms with Crippen LogP contribution in [0.3, 0.4) is 0 Å². The maximum Gasteiger partial charge on any atom is 0.434 e. The lowest BCUT2D eigenvalue weighted by Gasteiger charge is -2.19. The Hall–Kier alpha value is -0.735. The van der Waals surface area contributed by atoms with Crippen molar-refractivity contribution in [3.8, 4) is 0 Å². The Labute approximate surface area is 132 Å². The molecule has 0 bridgehead atoms. The zero-order chi connectivity index (χ0) is 15.9. The molecule has 1 heterocycles. The van der Waals surface area contributed by atoms with E-state index in [4.69, 9.17) is 12.4 Å². The van der Waals surface area contributed by atoms with Crippen molar-refractivity contribution >= 4 is 37.4 Å². The van der Waals surface area contributed by atoms with E-state index in [0.29, 0.717) is 30.4 Å². The molecule has 1 aromatic rings. The molecule has 21 heavy (non-hydrogen) atoms. The Kier molecular flexibility index (Phi) is 7.54. The van der Waals surface area contributed by atoms with Crippen molar-refractivity contribution in [1.82, 2.24) is 19.7 Å². The molecule has 9 nitrogen and oxygen atoms in total. The number of hydrogen-bond acceptors (Lipinski definition) is 5. The molecule has 0 saturated carbocycles. The van der Waals surface area contributed by atoms with Crippen molar-refractivity contribution in [2.75, 3.05) is 18.4 Å². The second kappa shape index (κ2) is 8.65. The van der Waals surface area contributed by atoms with Crippen molar-refractivity contribution in [3.63, 3.8) is 0 Å². The SMILES string of the molecule is [B]CCNP(=O)(NCCBr)OCc1cnc([N+](=O)[O-])n1C. The van der Waals surface area contributed by atoms with Crippen molar-refractivity contribution in [2.45, 2.75) is 12.9 Å². The van der Waals surface area contributed by atoms with Crippen molar-refractivity contribution < 1.29 is 14.0 Å². The Balaban J connectivity index is 2.72. The maximum absolute atomic E-state index is 12.5. The first-order chi connectivity index (χ1) is 9.93. The van der Waals surface area contributed by atoms with Gasteiger partial charge in [0.1, 0.15) is 18.5 Å². The highest BCUT2D eigenvalue weighted by molar-refractivity contribution is 9.09. The van der Waals surface area contributed by atoms with E-state index in [1.807, 2.05) is 0 Å². The summed E-state index contributed by atoms with van der Waals surface area (Å²) in [7, 11) is 3.59. The topological polar surface area (TPSA) is 111 Å². The summed E-state index contributed by atoms with van der Waals surface area (Å²) in [5, 5.41) is 16.8. The van der Waals surface area contributed by atoms with Gasteiger partial charge in [0, 0.05) is 11.9 Å². The molecular weight excluding hydrogens is 364 g/mol. The first-order valence-corrected chi connectivity index (χ1v) is 8.84. The molecule has 1 unspecified atom stereocenters. The van der Waals surface area contributed by atoms with Crippen LogP contribution >= 0.6 is 23.6 Å². The lowest BCUT2D eigenvalue weighted by Crippen LogP contribution is -2.26. The first-order valence-electron chi connectivity index (χ1n) is 6.09. The van der Waals surface area contributed by atoms with E-state index in [-0.39, 0.29) is 12.6 Å². The van der Waals surface area contributed by atoms with Crippen molar-refractivity contribution in [2.24, 2.45) is 7.05 Å². The highest BCUT2D eigenvalue weighted by Crippen LogP contribution is 2.38. The summed E-state index contributed by atoms with van der Waals surface area (Å²) < 4.78 is 19.1. The summed E-state index contributed by atoms with van der Waals surface area (Å²) in [6.07, 6.45) is 1.62. The van der Waals surface area contributed by atoms with Crippen LogP contribution in [0.1, 0.15) is 5.69 Å². The van der Waals surface area contributed by atoms with E-state index in [1.165, 1.54) is 17.8 Å². The standard InChI is InChI=1S/C9H16BBrN5O4P/c1-15-8(6-12-9(15)16(17)18)7-20-21(19,13-4-2-10)14-5-3-11/h6H,2-5,7H2,1H3,(H2,13,14,19). The Morgan fingerprint density at radius 1 is 1.57 bits per heavy atom. The van der Waals surface area contributed by atoms with Crippen LogP contribution in [0.5, 0.6) is 0 Å². The third-order valence-electron chi connectivity index (χ3n) is 2.50. The molecular formula is C9H16BBrN5O4P. The highest BCUT2D eigenvalue weighted by atomic mass is 79.9. The van der Waals surface area contributed by atoms with Gasteiger partial charge in [-0.25, -0.2) is 14.7 Å². The minimum atomic E-state index is -3.27. The summed E-state index contributed by atoms with van der Waals surface area (Å²) in [4.78, 5) is 13.8. The van der Waals surface area contributed by atoms with Crippen LogP contribution in [-0.2, 0) is 22.7 Å². The molecule has 1 atom stereocenters. The van der Waals surface area contributed by atoms with Crippen LogP contribution in [0.2, 0.25) is 6.32 Å². The number of nitrogens with one attached hydrogen (secondary N) is 2. The van der Waals surface area contributed by atoms with Gasteiger partial charge < -0.3 is 10.1 Å². The molecule has 0 spiro atoms. The zero-order valence-corrected chi connectivity index (χ0v) is 14.0. The number of hydrogen-bond donors (Lipinski definition) is 2. The smallest absolute Gasteiger partial charge is 0.390 e. The molecule has 12 heteroatoms. The molecule has 0 fully saturated rings. The van der Waals surface area contributed by atoms with E-state index in [9.17, 15) is 14.7 Å². The molecule has 1 rings (SSSR count). The number of alkyl halides is 1. The molecule has 1 aromatic heterocycles. The second-order valence-electron chi connectivity index (χ2n) is 3.98. The van der Waals surface area contributed by atoms with Gasteiger partial charge in [0.05, 0.1) is 14.9 Å². The van der Waals surface area contributed by atoms with Crippen LogP contribution in [0, 0.1) is 10.1 Å².